The number of hydrogen-bond donors (Lipinski definition) is 2. The summed E-state index contributed by atoms with van der Waals surface area (Å²) >= 11 is 0. The third-order valence-electron chi connectivity index (χ3n) is 13.8. The van der Waals surface area contributed by atoms with Gasteiger partial charge < -0.3 is 72.2 Å². The van der Waals surface area contributed by atoms with Gasteiger partial charge in [0.2, 0.25) is 0 Å². The number of hydrogen-bond acceptors (Lipinski definition) is 25. The van der Waals surface area contributed by atoms with Crippen molar-refractivity contribution < 1.29 is 119 Å². The Labute approximate surface area is 549 Å². The van der Waals surface area contributed by atoms with Crippen molar-refractivity contribution in [1.82, 2.24) is 10.6 Å². The number of ether oxygens (including phenoxy) is 13. The van der Waals surface area contributed by atoms with Crippen LogP contribution < -0.4 is 10.6 Å². The monoisotopic (exact) mass is 1330 g/mol. The van der Waals surface area contributed by atoms with E-state index >= 15 is 0 Å². The van der Waals surface area contributed by atoms with Crippen LogP contribution >= 0.6 is 0 Å². The van der Waals surface area contributed by atoms with Gasteiger partial charge in [0.1, 0.15) is 78.8 Å². The fourth-order valence-electron chi connectivity index (χ4n) is 10.5. The molecule has 3 rings (SSSR count). The van der Waals surface area contributed by atoms with E-state index in [9.17, 15) is 57.5 Å². The van der Waals surface area contributed by atoms with Crippen LogP contribution in [0.4, 0.5) is 9.59 Å². The summed E-state index contributed by atoms with van der Waals surface area (Å²) in [6.07, 6.45) is 10.4. The summed E-state index contributed by atoms with van der Waals surface area (Å²) in [4.78, 5) is 139. The fourth-order valence-corrected chi connectivity index (χ4v) is 10.5. The van der Waals surface area contributed by atoms with Gasteiger partial charge in [-0.2, -0.15) is 0 Å². The smallest absolute Gasteiger partial charge is 0.407 e. The second-order valence-electron chi connectivity index (χ2n) is 23.7. The quantitative estimate of drug-likeness (QED) is 0.0275. The predicted molar refractivity (Wildman–Crippen MR) is 338 cm³/mol. The first kappa shape index (κ1) is 82.9. The number of carbonyl (C=O) groups excluding carboxylic acids is 12. The molecule has 0 bridgehead atoms. The van der Waals surface area contributed by atoms with Crippen LogP contribution in [0.25, 0.3) is 0 Å². The molecule has 0 aliphatic heterocycles. The van der Waals surface area contributed by atoms with Crippen LogP contribution in [0.2, 0.25) is 0 Å². The molecular formula is C67H94N2O25. The van der Waals surface area contributed by atoms with Crippen molar-refractivity contribution in [1.29, 1.82) is 0 Å². The highest BCUT2D eigenvalue weighted by molar-refractivity contribution is 5.93. The molecule has 94 heavy (non-hydrogen) atoms. The zero-order chi connectivity index (χ0) is 70.8. The molecule has 2 amide bonds. The Kier molecular flexibility index (Phi) is 39.2. The molecule has 2 fully saturated rings. The summed E-state index contributed by atoms with van der Waals surface area (Å²) in [5, 5.41) is 5.89. The molecule has 2 aliphatic carbocycles. The molecule has 27 nitrogen and oxygen atoms in total. The Bertz CT molecular complexity index is 2650. The molecule has 1 aromatic rings. The molecule has 5 atom stereocenters. The largest absolute Gasteiger partial charge is 0.462 e. The number of esters is 10. The maximum atomic E-state index is 12.9. The van der Waals surface area contributed by atoms with Gasteiger partial charge in [-0.1, -0.05) is 81.0 Å². The molecule has 0 radical (unpaired) electrons. The molecule has 2 saturated carbocycles. The van der Waals surface area contributed by atoms with E-state index in [-0.39, 0.29) is 150 Å². The van der Waals surface area contributed by atoms with E-state index in [1.54, 1.807) is 6.92 Å². The average molecular weight is 1330 g/mol. The van der Waals surface area contributed by atoms with Crippen molar-refractivity contribution in [2.45, 2.75) is 131 Å². The highest BCUT2D eigenvalue weighted by atomic mass is 16.6. The third kappa shape index (κ3) is 38.6. The Hall–Kier alpha value is -9.14. The Morgan fingerprint density at radius 1 is 0.415 bits per heavy atom. The van der Waals surface area contributed by atoms with Crippen molar-refractivity contribution in [3.63, 3.8) is 0 Å². The highest BCUT2D eigenvalue weighted by Gasteiger charge is 2.43. The summed E-state index contributed by atoms with van der Waals surface area (Å²) in [6.45, 7) is 34.1. The summed E-state index contributed by atoms with van der Waals surface area (Å²) < 4.78 is 64.4. The van der Waals surface area contributed by atoms with Gasteiger partial charge in [-0.05, 0) is 104 Å². The number of alkyl carbamates (subject to hydrolysis) is 2. The lowest BCUT2D eigenvalue weighted by molar-refractivity contribution is -0.150. The minimum Gasteiger partial charge on any atom is -0.462 e. The maximum absolute atomic E-state index is 12.9. The van der Waals surface area contributed by atoms with Gasteiger partial charge >= 0.3 is 71.9 Å². The van der Waals surface area contributed by atoms with E-state index in [2.05, 4.69) is 111 Å². The lowest BCUT2D eigenvalue weighted by Crippen LogP contribution is -2.47. The zero-order valence-corrected chi connectivity index (χ0v) is 55.2. The summed E-state index contributed by atoms with van der Waals surface area (Å²) in [5.41, 5.74) is -0.229. The van der Waals surface area contributed by atoms with Crippen LogP contribution in [0.15, 0.2) is 100 Å². The first-order chi connectivity index (χ1) is 44.3. The molecule has 2 aliphatic rings. The van der Waals surface area contributed by atoms with E-state index in [4.69, 9.17) is 42.6 Å². The molecule has 27 heteroatoms. The van der Waals surface area contributed by atoms with E-state index in [0.717, 1.165) is 62.1 Å². The van der Waals surface area contributed by atoms with Crippen LogP contribution in [0, 0.1) is 21.7 Å². The Morgan fingerprint density at radius 2 is 0.713 bits per heavy atom. The van der Waals surface area contributed by atoms with Gasteiger partial charge in [0.15, 0.2) is 0 Å². The van der Waals surface area contributed by atoms with E-state index < -0.39 is 72.0 Å². The summed E-state index contributed by atoms with van der Waals surface area (Å²) in [6, 6.07) is 5.24. The van der Waals surface area contributed by atoms with Crippen LogP contribution in [-0.4, -0.2) is 176 Å². The zero-order valence-electron chi connectivity index (χ0n) is 55.2. The van der Waals surface area contributed by atoms with Crippen LogP contribution in [0.1, 0.15) is 133 Å². The van der Waals surface area contributed by atoms with Crippen molar-refractivity contribution in [3.05, 3.63) is 111 Å². The molecule has 1 aromatic carbocycles. The highest BCUT2D eigenvalue weighted by Crippen LogP contribution is 2.50. The van der Waals surface area contributed by atoms with Gasteiger partial charge in [-0.25, -0.2) is 47.9 Å². The van der Waals surface area contributed by atoms with E-state index in [1.165, 1.54) is 24.3 Å². The number of rotatable bonds is 37. The Morgan fingerprint density at radius 3 is 1.06 bits per heavy atom. The van der Waals surface area contributed by atoms with Crippen molar-refractivity contribution in [3.8, 4) is 0 Å². The van der Waals surface area contributed by atoms with Gasteiger partial charge in [0, 0.05) is 61.4 Å². The molecule has 5 unspecified atom stereocenters. The first-order valence-corrected chi connectivity index (χ1v) is 30.3. The number of carbonyl (C=O) groups is 12. The molecular weight excluding hydrogens is 1230 g/mol. The molecule has 0 spiro atoms. The van der Waals surface area contributed by atoms with Gasteiger partial charge in [0.25, 0.3) is 0 Å². The Balaban J connectivity index is 0.000000882. The lowest BCUT2D eigenvalue weighted by atomic mass is 9.61. The van der Waals surface area contributed by atoms with Crippen LogP contribution in [-0.2, 0) is 99.9 Å². The topological polar surface area (TPSA) is 349 Å². The first-order valence-electron chi connectivity index (χ1n) is 30.3. The second kappa shape index (κ2) is 44.4. The third-order valence-corrected chi connectivity index (χ3v) is 13.8. The van der Waals surface area contributed by atoms with Gasteiger partial charge in [-0.3, -0.25) is 9.59 Å². The number of nitrogens with one attached hydrogen (secondary N) is 2. The molecule has 2 N–H and O–H groups in total. The fraction of sp³-hybridized carbons (Fsp3) is 0.552. The standard InChI is InChI=1S/C39H62N2O12.C18H18O8.C10H14O5/c1-10-30(42)48-16-17-50-32(44)12-14-38(8)23-29(21-37(6,7)26-38)41-35(47)53-27(3)24-52-33(45)13-15-39(9)22-28(20-36(4,5)25-39)40-34(46)51-19-18-49-31(43)11-2;1-3-15(19)23-9-11-25-17(21)13-5-7-14(8-6-13)18(22)26-12-10-24-16(20)4-2;1-3-9(11)14-7-5-13-6-8-15-10(12)4-2/h10-11,27-29H,1-2,12-26H2,3-9H3,(H,40,46)(H,41,47);3-8H,1-2,9-12H2;3-4H,1-2,5-8H2. The van der Waals surface area contributed by atoms with Crippen molar-refractivity contribution in [2.75, 3.05) is 85.9 Å². The van der Waals surface area contributed by atoms with E-state index in [1.807, 2.05) is 0 Å². The number of benzene rings is 1. The van der Waals surface area contributed by atoms with Crippen LogP contribution in [0.5, 0.6) is 0 Å². The van der Waals surface area contributed by atoms with Crippen molar-refractivity contribution >= 4 is 71.9 Å². The van der Waals surface area contributed by atoms with Crippen LogP contribution in [0.3, 0.4) is 0 Å². The predicted octanol–water partition coefficient (Wildman–Crippen LogP) is 8.02. The molecule has 522 valence electrons. The van der Waals surface area contributed by atoms with Crippen molar-refractivity contribution in [2.24, 2.45) is 21.7 Å². The lowest BCUT2D eigenvalue weighted by Gasteiger charge is -2.46. The van der Waals surface area contributed by atoms with Gasteiger partial charge in [0.05, 0.1) is 24.3 Å². The summed E-state index contributed by atoms with van der Waals surface area (Å²) in [5.74, 6) is -5.40. The molecule has 0 saturated heterocycles. The number of amides is 2. The summed E-state index contributed by atoms with van der Waals surface area (Å²) in [7, 11) is 0. The van der Waals surface area contributed by atoms with E-state index in [0.29, 0.717) is 25.7 Å². The SMILES string of the molecule is C=CC(=O)OCCOC(=O)CCC1(C)CC(NC(=O)OC(C)COC(=O)CCC2(C)CC(NC(=O)OCCOC(=O)C=C)CC(C)(C)C2)CC(C)(C)C1.C=CC(=O)OCCOC(=O)c1ccc(C(=O)OCCOC(=O)C=C)cc1.C=CC(=O)OCCOCCOC(=O)C=C. The normalized spacial score (nSPS) is 18.2. The van der Waals surface area contributed by atoms with Gasteiger partial charge in [-0.15, -0.1) is 0 Å². The minimum absolute atomic E-state index is 0.0271. The second-order valence-corrected chi connectivity index (χ2v) is 23.7. The molecule has 0 aromatic heterocycles. The maximum Gasteiger partial charge on any atom is 0.407 e. The minimum atomic E-state index is -0.674. The average Bonchev–Trinajstić information content (AvgIpc) is 0.810. The molecule has 0 heterocycles.